The molecule has 0 amide bonds. The Kier molecular flexibility index (Phi) is 2.66. The number of halogens is 3. The molecule has 1 unspecified atom stereocenters. The van der Waals surface area contributed by atoms with E-state index in [9.17, 15) is 13.2 Å². The van der Waals surface area contributed by atoms with Gasteiger partial charge < -0.3 is 5.73 Å². The van der Waals surface area contributed by atoms with E-state index in [1.54, 1.807) is 0 Å². The maximum Gasteiger partial charge on any atom is 0.416 e. The van der Waals surface area contributed by atoms with E-state index >= 15 is 0 Å². The Morgan fingerprint density at radius 3 is 2.54 bits per heavy atom. The third-order valence-corrected chi connectivity index (χ3v) is 1.70. The highest BCUT2D eigenvalue weighted by atomic mass is 19.4. The van der Waals surface area contributed by atoms with Gasteiger partial charge in [-0.05, 0) is 6.42 Å². The molecular weight excluding hydrogens is 179 g/mol. The fraction of sp³-hybridized carbons (Fsp3) is 0.333. The first kappa shape index (κ1) is 9.72. The summed E-state index contributed by atoms with van der Waals surface area (Å²) in [5.74, 6) is 2.40. The van der Waals surface area contributed by atoms with Gasteiger partial charge in [0.15, 0.2) is 0 Å². The van der Waals surface area contributed by atoms with E-state index in [0.29, 0.717) is 0 Å². The van der Waals surface area contributed by atoms with Crippen molar-refractivity contribution in [2.45, 2.75) is 12.6 Å². The summed E-state index contributed by atoms with van der Waals surface area (Å²) in [4.78, 5) is 0. The maximum absolute atomic E-state index is 12.1. The molecule has 13 heavy (non-hydrogen) atoms. The normalized spacial score (nSPS) is 21.8. The Morgan fingerprint density at radius 1 is 1.46 bits per heavy atom. The summed E-state index contributed by atoms with van der Waals surface area (Å²) in [5, 5.41) is 0. The van der Waals surface area contributed by atoms with Crippen molar-refractivity contribution in [3.8, 4) is 12.0 Å². The van der Waals surface area contributed by atoms with Gasteiger partial charge in [0.05, 0.1) is 5.57 Å². The van der Waals surface area contributed by atoms with Crippen LogP contribution in [0.1, 0.15) is 6.42 Å². The zero-order valence-electron chi connectivity index (χ0n) is 6.73. The predicted octanol–water partition coefficient (Wildman–Crippen LogP) is 1.97. The lowest BCUT2D eigenvalue weighted by Crippen LogP contribution is -2.13. The van der Waals surface area contributed by atoms with E-state index < -0.39 is 11.7 Å². The van der Waals surface area contributed by atoms with Crippen LogP contribution < -0.4 is 5.73 Å². The van der Waals surface area contributed by atoms with Crippen molar-refractivity contribution >= 4 is 0 Å². The Bertz CT molecular complexity index is 301. The summed E-state index contributed by atoms with van der Waals surface area (Å²) in [6.07, 6.45) is -0.386. The van der Waals surface area contributed by atoms with Crippen LogP contribution in [0.4, 0.5) is 13.2 Å². The SMILES string of the molecule is NC#CC1C=CC(C(F)(F)F)=CC1. The van der Waals surface area contributed by atoms with Crippen LogP contribution in [0.25, 0.3) is 0 Å². The van der Waals surface area contributed by atoms with Gasteiger partial charge in [0, 0.05) is 12.0 Å². The van der Waals surface area contributed by atoms with E-state index in [4.69, 9.17) is 5.73 Å². The second kappa shape index (κ2) is 3.56. The molecule has 0 heterocycles. The molecule has 1 aliphatic rings. The highest BCUT2D eigenvalue weighted by Gasteiger charge is 2.32. The third kappa shape index (κ3) is 2.55. The Balaban J connectivity index is 2.69. The molecule has 70 valence electrons. The molecule has 0 spiro atoms. The second-order valence-electron chi connectivity index (χ2n) is 2.65. The van der Waals surface area contributed by atoms with Crippen molar-refractivity contribution in [3.05, 3.63) is 23.8 Å². The quantitative estimate of drug-likeness (QED) is 0.455. The molecule has 0 fully saturated rings. The fourth-order valence-corrected chi connectivity index (χ4v) is 1.04. The van der Waals surface area contributed by atoms with Crippen molar-refractivity contribution in [1.82, 2.24) is 0 Å². The first-order valence-electron chi connectivity index (χ1n) is 3.70. The number of hydrogen-bond acceptors (Lipinski definition) is 1. The van der Waals surface area contributed by atoms with Gasteiger partial charge in [-0.3, -0.25) is 0 Å². The molecule has 1 atom stereocenters. The Labute approximate surface area is 74.1 Å². The summed E-state index contributed by atoms with van der Waals surface area (Å²) in [6.45, 7) is 0. The largest absolute Gasteiger partial charge is 0.416 e. The van der Waals surface area contributed by atoms with Crippen LogP contribution in [-0.2, 0) is 0 Å². The minimum atomic E-state index is -4.25. The van der Waals surface area contributed by atoms with Crippen LogP contribution in [0.15, 0.2) is 23.8 Å². The molecule has 4 heteroatoms. The molecule has 1 nitrogen and oxygen atoms in total. The lowest BCUT2D eigenvalue weighted by atomic mass is 9.97. The minimum absolute atomic E-state index is 0.184. The molecule has 0 aromatic rings. The number of alkyl halides is 3. The Morgan fingerprint density at radius 2 is 2.15 bits per heavy atom. The van der Waals surface area contributed by atoms with Gasteiger partial charge in [0.2, 0.25) is 0 Å². The van der Waals surface area contributed by atoms with E-state index in [1.165, 1.54) is 6.08 Å². The molecule has 0 bridgehead atoms. The number of allylic oxidation sites excluding steroid dienone is 4. The highest BCUT2D eigenvalue weighted by molar-refractivity contribution is 5.30. The average Bonchev–Trinajstić information content (AvgIpc) is 2.04. The monoisotopic (exact) mass is 187 g/mol. The van der Waals surface area contributed by atoms with Gasteiger partial charge in [-0.2, -0.15) is 13.2 Å². The van der Waals surface area contributed by atoms with E-state index in [2.05, 4.69) is 12.0 Å². The van der Waals surface area contributed by atoms with Crippen LogP contribution in [-0.4, -0.2) is 6.18 Å². The van der Waals surface area contributed by atoms with Gasteiger partial charge in [-0.1, -0.05) is 24.1 Å². The molecule has 1 rings (SSSR count). The Hall–Kier alpha value is -1.37. The molecule has 0 aromatic heterocycles. The molecular formula is C9H8F3N. The van der Waals surface area contributed by atoms with E-state index in [-0.39, 0.29) is 12.3 Å². The lowest BCUT2D eigenvalue weighted by molar-refractivity contribution is -0.0886. The first-order valence-corrected chi connectivity index (χ1v) is 3.70. The number of rotatable bonds is 0. The van der Waals surface area contributed by atoms with Crippen molar-refractivity contribution in [1.29, 1.82) is 0 Å². The van der Waals surface area contributed by atoms with Crippen LogP contribution in [0.3, 0.4) is 0 Å². The fourth-order valence-electron chi connectivity index (χ4n) is 1.04. The molecule has 0 saturated carbocycles. The summed E-state index contributed by atoms with van der Waals surface area (Å²) < 4.78 is 36.2. The van der Waals surface area contributed by atoms with E-state index in [1.807, 2.05) is 0 Å². The van der Waals surface area contributed by atoms with Crippen LogP contribution in [0.2, 0.25) is 0 Å². The van der Waals surface area contributed by atoms with Gasteiger partial charge in [0.25, 0.3) is 0 Å². The molecule has 2 N–H and O–H groups in total. The van der Waals surface area contributed by atoms with Gasteiger partial charge in [-0.15, -0.1) is 0 Å². The van der Waals surface area contributed by atoms with Crippen LogP contribution >= 0.6 is 0 Å². The lowest BCUT2D eigenvalue weighted by Gasteiger charge is -2.13. The highest BCUT2D eigenvalue weighted by Crippen LogP contribution is 2.30. The van der Waals surface area contributed by atoms with Crippen molar-refractivity contribution < 1.29 is 13.2 Å². The molecule has 0 aromatic carbocycles. The van der Waals surface area contributed by atoms with Crippen molar-refractivity contribution in [2.24, 2.45) is 11.7 Å². The number of hydrogen-bond donors (Lipinski definition) is 1. The summed E-state index contributed by atoms with van der Waals surface area (Å²) >= 11 is 0. The smallest absolute Gasteiger partial charge is 0.359 e. The standard InChI is InChI=1S/C9H8F3N/c10-9(11,12)8-3-1-7(2-4-8)5-6-13/h1,3-4,7H,2,13H2. The molecule has 1 aliphatic carbocycles. The topological polar surface area (TPSA) is 26.0 Å². The third-order valence-electron chi connectivity index (χ3n) is 1.70. The minimum Gasteiger partial charge on any atom is -0.359 e. The van der Waals surface area contributed by atoms with Gasteiger partial charge >= 0.3 is 6.18 Å². The zero-order valence-corrected chi connectivity index (χ0v) is 6.73. The second-order valence-corrected chi connectivity index (χ2v) is 2.65. The average molecular weight is 187 g/mol. The number of nitrogens with two attached hydrogens (primary N) is 1. The summed E-state index contributed by atoms with van der Waals surface area (Å²) in [5.41, 5.74) is 4.33. The molecule has 0 aliphatic heterocycles. The van der Waals surface area contributed by atoms with Crippen LogP contribution in [0, 0.1) is 17.9 Å². The van der Waals surface area contributed by atoms with Crippen molar-refractivity contribution in [2.75, 3.05) is 0 Å². The maximum atomic E-state index is 12.1. The van der Waals surface area contributed by atoms with Gasteiger partial charge in [-0.25, -0.2) is 0 Å². The van der Waals surface area contributed by atoms with Gasteiger partial charge in [0.1, 0.15) is 0 Å². The molecule has 0 saturated heterocycles. The van der Waals surface area contributed by atoms with Crippen molar-refractivity contribution in [3.63, 3.8) is 0 Å². The summed E-state index contributed by atoms with van der Waals surface area (Å²) in [6, 6.07) is 2.18. The predicted molar refractivity (Wildman–Crippen MR) is 43.3 cm³/mol. The van der Waals surface area contributed by atoms with E-state index in [0.717, 1.165) is 12.2 Å². The van der Waals surface area contributed by atoms with Crippen LogP contribution in [0.5, 0.6) is 0 Å². The molecule has 0 radical (unpaired) electrons. The summed E-state index contributed by atoms with van der Waals surface area (Å²) in [7, 11) is 0. The zero-order chi connectivity index (χ0) is 9.90. The first-order chi connectivity index (χ1) is 6.04.